The molecule has 1 nitrogen and oxygen atoms in total. The van der Waals surface area contributed by atoms with E-state index < -0.39 is 0 Å². The van der Waals surface area contributed by atoms with Crippen LogP contribution in [0.3, 0.4) is 0 Å². The number of benzene rings is 1. The number of hydrogen-bond acceptors (Lipinski definition) is 1. The number of ether oxygens (including phenoxy) is 1. The van der Waals surface area contributed by atoms with Crippen molar-refractivity contribution in [2.75, 3.05) is 6.61 Å². The van der Waals surface area contributed by atoms with E-state index in [1.54, 1.807) is 0 Å². The molecule has 1 heteroatoms. The maximum absolute atomic E-state index is 5.63. The van der Waals surface area contributed by atoms with Gasteiger partial charge in [-0.05, 0) is 36.5 Å². The highest BCUT2D eigenvalue weighted by Crippen LogP contribution is 2.15. The van der Waals surface area contributed by atoms with Gasteiger partial charge in [-0.2, -0.15) is 0 Å². The molecule has 1 aromatic carbocycles. The van der Waals surface area contributed by atoms with E-state index in [9.17, 15) is 0 Å². The molecular formula is C13H19O. The summed E-state index contributed by atoms with van der Waals surface area (Å²) >= 11 is 0. The standard InChI is InChI=1S/C13H19O/c1-4-6-12-7-5-8-13(9-12)14-10-11(2)3/h5,7-9,11H,1,4,6,10H2,2-3H3. The zero-order chi connectivity index (χ0) is 10.4. The normalized spacial score (nSPS) is 10.6. The molecule has 0 amide bonds. The molecule has 0 aliphatic heterocycles. The summed E-state index contributed by atoms with van der Waals surface area (Å²) in [5, 5.41) is 0. The molecule has 1 aromatic rings. The van der Waals surface area contributed by atoms with Gasteiger partial charge in [0.25, 0.3) is 0 Å². The van der Waals surface area contributed by atoms with Crippen LogP contribution < -0.4 is 4.74 Å². The molecule has 0 aromatic heterocycles. The fourth-order valence-corrected chi connectivity index (χ4v) is 1.26. The lowest BCUT2D eigenvalue weighted by Gasteiger charge is -2.09. The molecule has 0 heterocycles. The predicted molar refractivity (Wildman–Crippen MR) is 60.5 cm³/mol. The van der Waals surface area contributed by atoms with Gasteiger partial charge in [0.1, 0.15) is 5.75 Å². The van der Waals surface area contributed by atoms with Crippen LogP contribution >= 0.6 is 0 Å². The van der Waals surface area contributed by atoms with E-state index in [-0.39, 0.29) is 0 Å². The van der Waals surface area contributed by atoms with Crippen LogP contribution in [0.1, 0.15) is 25.8 Å². The second-order valence-corrected chi connectivity index (χ2v) is 3.96. The number of aryl methyl sites for hydroxylation is 1. The van der Waals surface area contributed by atoms with Crippen molar-refractivity contribution < 1.29 is 4.74 Å². The third kappa shape index (κ3) is 3.82. The highest BCUT2D eigenvalue weighted by atomic mass is 16.5. The third-order valence-corrected chi connectivity index (χ3v) is 1.95. The van der Waals surface area contributed by atoms with Gasteiger partial charge >= 0.3 is 0 Å². The molecular weight excluding hydrogens is 172 g/mol. The molecule has 14 heavy (non-hydrogen) atoms. The first-order valence-corrected chi connectivity index (χ1v) is 5.23. The Morgan fingerprint density at radius 3 is 2.79 bits per heavy atom. The van der Waals surface area contributed by atoms with Crippen molar-refractivity contribution in [1.82, 2.24) is 0 Å². The smallest absolute Gasteiger partial charge is 0.119 e. The molecule has 0 atom stereocenters. The summed E-state index contributed by atoms with van der Waals surface area (Å²) in [6.45, 7) is 8.93. The van der Waals surface area contributed by atoms with Crippen LogP contribution in [0.5, 0.6) is 5.75 Å². The average Bonchev–Trinajstić information content (AvgIpc) is 2.16. The summed E-state index contributed by atoms with van der Waals surface area (Å²) in [7, 11) is 0. The molecule has 77 valence electrons. The first-order valence-electron chi connectivity index (χ1n) is 5.23. The van der Waals surface area contributed by atoms with Gasteiger partial charge in [-0.3, -0.25) is 0 Å². The van der Waals surface area contributed by atoms with Crippen molar-refractivity contribution in [3.8, 4) is 5.75 Å². The largest absolute Gasteiger partial charge is 0.493 e. The van der Waals surface area contributed by atoms with E-state index >= 15 is 0 Å². The highest BCUT2D eigenvalue weighted by molar-refractivity contribution is 5.28. The molecule has 0 saturated heterocycles. The van der Waals surface area contributed by atoms with Crippen molar-refractivity contribution in [2.45, 2.75) is 26.7 Å². The zero-order valence-electron chi connectivity index (χ0n) is 9.12. The molecule has 0 N–H and O–H groups in total. The van der Waals surface area contributed by atoms with Crippen molar-refractivity contribution in [3.05, 3.63) is 36.8 Å². The summed E-state index contributed by atoms with van der Waals surface area (Å²) in [6, 6.07) is 8.27. The summed E-state index contributed by atoms with van der Waals surface area (Å²) in [4.78, 5) is 0. The Bertz CT molecular complexity index is 266. The quantitative estimate of drug-likeness (QED) is 0.692. The predicted octanol–water partition coefficient (Wildman–Crippen LogP) is 3.49. The van der Waals surface area contributed by atoms with E-state index in [0.29, 0.717) is 5.92 Å². The maximum Gasteiger partial charge on any atom is 0.119 e. The van der Waals surface area contributed by atoms with Crippen molar-refractivity contribution in [3.63, 3.8) is 0 Å². The molecule has 0 bridgehead atoms. The van der Waals surface area contributed by atoms with Crippen LogP contribution in [-0.2, 0) is 6.42 Å². The van der Waals surface area contributed by atoms with Gasteiger partial charge in [-0.1, -0.05) is 32.9 Å². The SMILES string of the molecule is [CH2]CCc1cccc(OCC(C)C)c1. The van der Waals surface area contributed by atoms with Gasteiger partial charge < -0.3 is 4.74 Å². The van der Waals surface area contributed by atoms with E-state index in [2.05, 4.69) is 32.9 Å². The minimum absolute atomic E-state index is 0.575. The summed E-state index contributed by atoms with van der Waals surface area (Å²) in [5.74, 6) is 1.55. The van der Waals surface area contributed by atoms with E-state index in [1.807, 2.05) is 12.1 Å². The second kappa shape index (κ2) is 5.69. The van der Waals surface area contributed by atoms with Gasteiger partial charge in [0.05, 0.1) is 6.61 Å². The van der Waals surface area contributed by atoms with E-state index in [1.165, 1.54) is 5.56 Å². The number of rotatable bonds is 5. The summed E-state index contributed by atoms with van der Waals surface area (Å²) in [5.41, 5.74) is 1.31. The molecule has 0 spiro atoms. The summed E-state index contributed by atoms with van der Waals surface area (Å²) < 4.78 is 5.63. The van der Waals surface area contributed by atoms with Crippen molar-refractivity contribution in [1.29, 1.82) is 0 Å². The molecule has 0 saturated carbocycles. The molecule has 0 aliphatic carbocycles. The van der Waals surface area contributed by atoms with Crippen LogP contribution in [0.2, 0.25) is 0 Å². The first kappa shape index (κ1) is 11.1. The Balaban J connectivity index is 2.54. The molecule has 1 radical (unpaired) electrons. The monoisotopic (exact) mass is 191 g/mol. The molecule has 0 aliphatic rings. The fourth-order valence-electron chi connectivity index (χ4n) is 1.26. The second-order valence-electron chi connectivity index (χ2n) is 3.96. The van der Waals surface area contributed by atoms with E-state index in [4.69, 9.17) is 4.74 Å². The number of hydrogen-bond donors (Lipinski definition) is 0. The minimum atomic E-state index is 0.575. The lowest BCUT2D eigenvalue weighted by molar-refractivity contribution is 0.271. The molecule has 0 fully saturated rings. The first-order chi connectivity index (χ1) is 6.72. The van der Waals surface area contributed by atoms with Gasteiger partial charge in [-0.25, -0.2) is 0 Å². The lowest BCUT2D eigenvalue weighted by atomic mass is 10.1. The van der Waals surface area contributed by atoms with Crippen LogP contribution in [-0.4, -0.2) is 6.61 Å². The maximum atomic E-state index is 5.63. The Labute approximate surface area is 87.1 Å². The fraction of sp³-hybridized carbons (Fsp3) is 0.462. The average molecular weight is 191 g/mol. The van der Waals surface area contributed by atoms with Gasteiger partial charge in [0, 0.05) is 0 Å². The van der Waals surface area contributed by atoms with Crippen molar-refractivity contribution >= 4 is 0 Å². The highest BCUT2D eigenvalue weighted by Gasteiger charge is 1.98. The Morgan fingerprint density at radius 1 is 1.36 bits per heavy atom. The third-order valence-electron chi connectivity index (χ3n) is 1.95. The van der Waals surface area contributed by atoms with E-state index in [0.717, 1.165) is 25.2 Å². The molecule has 0 unspecified atom stereocenters. The Kier molecular flexibility index (Phi) is 4.51. The minimum Gasteiger partial charge on any atom is -0.493 e. The zero-order valence-corrected chi connectivity index (χ0v) is 9.12. The Hall–Kier alpha value is -0.980. The van der Waals surface area contributed by atoms with Gasteiger partial charge in [0.2, 0.25) is 0 Å². The van der Waals surface area contributed by atoms with Gasteiger partial charge in [0.15, 0.2) is 0 Å². The van der Waals surface area contributed by atoms with Gasteiger partial charge in [-0.15, -0.1) is 0 Å². The van der Waals surface area contributed by atoms with Crippen molar-refractivity contribution in [2.24, 2.45) is 5.92 Å². The molecule has 1 rings (SSSR count). The van der Waals surface area contributed by atoms with Crippen LogP contribution in [0.15, 0.2) is 24.3 Å². The lowest BCUT2D eigenvalue weighted by Crippen LogP contribution is -2.04. The summed E-state index contributed by atoms with van der Waals surface area (Å²) in [6.07, 6.45) is 1.96. The van der Waals surface area contributed by atoms with Crippen LogP contribution in [0.25, 0.3) is 0 Å². The topological polar surface area (TPSA) is 9.23 Å². The Morgan fingerprint density at radius 2 is 2.14 bits per heavy atom. The van der Waals surface area contributed by atoms with Crippen LogP contribution in [0, 0.1) is 12.8 Å². The van der Waals surface area contributed by atoms with Crippen LogP contribution in [0.4, 0.5) is 0 Å².